The van der Waals surface area contributed by atoms with Crippen LogP contribution in [-0.2, 0) is 11.2 Å². The number of hydrogen-bond acceptors (Lipinski definition) is 6. The minimum atomic E-state index is -0.432. The molecule has 0 atom stereocenters. The summed E-state index contributed by atoms with van der Waals surface area (Å²) in [7, 11) is 1.57. The molecule has 7 heteroatoms. The van der Waals surface area contributed by atoms with Crippen molar-refractivity contribution in [3.05, 3.63) is 93.8 Å². The Kier molecular flexibility index (Phi) is 6.09. The van der Waals surface area contributed by atoms with E-state index in [1.54, 1.807) is 18.1 Å². The summed E-state index contributed by atoms with van der Waals surface area (Å²) in [6, 6.07) is 21.0. The van der Waals surface area contributed by atoms with Crippen molar-refractivity contribution in [2.45, 2.75) is 26.7 Å². The molecule has 0 saturated carbocycles. The zero-order valence-electron chi connectivity index (χ0n) is 19.7. The number of ether oxygens (including phenoxy) is 1. The van der Waals surface area contributed by atoms with Gasteiger partial charge in [-0.25, -0.2) is 9.78 Å². The Bertz CT molecular complexity index is 1590. The lowest BCUT2D eigenvalue weighted by Crippen LogP contribution is -2.27. The van der Waals surface area contributed by atoms with E-state index in [0.717, 1.165) is 32.4 Å². The van der Waals surface area contributed by atoms with Gasteiger partial charge in [0.25, 0.3) is 0 Å². The summed E-state index contributed by atoms with van der Waals surface area (Å²) in [6.07, 6.45) is 0.403. The molecule has 5 rings (SSSR count). The smallest absolute Gasteiger partial charge is 0.339 e. The Balaban J connectivity index is 1.50. The molecule has 0 fully saturated rings. The number of amides is 1. The monoisotopic (exact) mass is 484 g/mol. The van der Waals surface area contributed by atoms with E-state index < -0.39 is 5.63 Å². The van der Waals surface area contributed by atoms with E-state index in [9.17, 15) is 9.59 Å². The number of carbonyl (C=O) groups is 1. The second kappa shape index (κ2) is 9.35. The van der Waals surface area contributed by atoms with Crippen molar-refractivity contribution in [3.63, 3.8) is 0 Å². The fourth-order valence-electron chi connectivity index (χ4n) is 4.25. The first-order valence-electron chi connectivity index (χ1n) is 11.3. The third kappa shape index (κ3) is 4.31. The molecule has 5 aromatic rings. The Hall–Kier alpha value is -3.97. The van der Waals surface area contributed by atoms with Crippen molar-refractivity contribution >= 4 is 49.2 Å². The first kappa shape index (κ1) is 22.8. The van der Waals surface area contributed by atoms with Crippen LogP contribution < -0.4 is 15.3 Å². The fourth-order valence-corrected chi connectivity index (χ4v) is 5.25. The first-order chi connectivity index (χ1) is 17.0. The van der Waals surface area contributed by atoms with Crippen molar-refractivity contribution in [1.82, 2.24) is 4.98 Å². The van der Waals surface area contributed by atoms with Gasteiger partial charge in [0, 0.05) is 23.4 Å². The van der Waals surface area contributed by atoms with E-state index in [1.165, 1.54) is 11.3 Å². The SMILES string of the molecule is COc1ccc2c(C)c(CCC(=O)N(c3nc4ccccc4s3)c3ccccc3C)c(=O)oc2c1. The molecule has 2 heterocycles. The maximum absolute atomic E-state index is 13.7. The number of thiazole rings is 1. The van der Waals surface area contributed by atoms with Crippen molar-refractivity contribution in [3.8, 4) is 5.75 Å². The molecular formula is C28H24N2O4S. The van der Waals surface area contributed by atoms with Crippen LogP contribution in [0.2, 0.25) is 0 Å². The van der Waals surface area contributed by atoms with Crippen molar-refractivity contribution in [2.24, 2.45) is 0 Å². The highest BCUT2D eigenvalue weighted by atomic mass is 32.1. The molecule has 0 N–H and O–H groups in total. The number of nitrogens with zero attached hydrogens (tertiary/aromatic N) is 2. The summed E-state index contributed by atoms with van der Waals surface area (Å²) in [5, 5.41) is 1.44. The van der Waals surface area contributed by atoms with Gasteiger partial charge in [0.1, 0.15) is 11.3 Å². The summed E-state index contributed by atoms with van der Waals surface area (Å²) in [5.74, 6) is 0.486. The average molecular weight is 485 g/mol. The summed E-state index contributed by atoms with van der Waals surface area (Å²) in [4.78, 5) is 32.9. The summed E-state index contributed by atoms with van der Waals surface area (Å²) >= 11 is 1.47. The van der Waals surface area contributed by atoms with E-state index in [0.29, 0.717) is 22.0 Å². The predicted molar refractivity (Wildman–Crippen MR) is 140 cm³/mol. The minimum absolute atomic E-state index is 0.132. The van der Waals surface area contributed by atoms with Crippen molar-refractivity contribution in [2.75, 3.05) is 12.0 Å². The van der Waals surface area contributed by atoms with Gasteiger partial charge < -0.3 is 9.15 Å². The summed E-state index contributed by atoms with van der Waals surface area (Å²) < 4.78 is 11.8. The largest absolute Gasteiger partial charge is 0.497 e. The Morgan fingerprint density at radius 2 is 1.83 bits per heavy atom. The highest BCUT2D eigenvalue weighted by Crippen LogP contribution is 2.35. The zero-order chi connectivity index (χ0) is 24.5. The van der Waals surface area contributed by atoms with Crippen molar-refractivity contribution in [1.29, 1.82) is 0 Å². The molecule has 0 saturated heterocycles. The maximum Gasteiger partial charge on any atom is 0.339 e. The topological polar surface area (TPSA) is 72.6 Å². The van der Waals surface area contributed by atoms with Gasteiger partial charge >= 0.3 is 5.63 Å². The normalized spacial score (nSPS) is 11.2. The minimum Gasteiger partial charge on any atom is -0.497 e. The molecule has 0 bridgehead atoms. The molecule has 0 aliphatic rings. The molecular weight excluding hydrogens is 460 g/mol. The summed E-state index contributed by atoms with van der Waals surface area (Å²) in [6.45, 7) is 3.86. The lowest BCUT2D eigenvalue weighted by atomic mass is 10.0. The number of methoxy groups -OCH3 is 1. The molecule has 0 spiro atoms. The van der Waals surface area contributed by atoms with E-state index in [-0.39, 0.29) is 18.7 Å². The molecule has 0 aliphatic carbocycles. The molecule has 0 unspecified atom stereocenters. The number of aryl methyl sites for hydroxylation is 2. The number of fused-ring (bicyclic) bond motifs is 2. The number of hydrogen-bond donors (Lipinski definition) is 0. The Morgan fingerprint density at radius 3 is 2.60 bits per heavy atom. The van der Waals surface area contributed by atoms with Gasteiger partial charge in [0.05, 0.1) is 23.0 Å². The van der Waals surface area contributed by atoms with E-state index in [4.69, 9.17) is 14.1 Å². The van der Waals surface area contributed by atoms with Gasteiger partial charge in [-0.15, -0.1) is 0 Å². The van der Waals surface area contributed by atoms with Crippen LogP contribution in [0.1, 0.15) is 23.1 Å². The third-order valence-electron chi connectivity index (χ3n) is 6.16. The average Bonchev–Trinajstić information content (AvgIpc) is 3.28. The predicted octanol–water partition coefficient (Wildman–Crippen LogP) is 6.33. The standard InChI is InChI=1S/C28H24N2O4S/c1-17-8-4-6-10-23(17)30(28-29-22-9-5-7-11-25(22)35-28)26(31)15-14-21-18(2)20-13-12-19(33-3)16-24(20)34-27(21)32/h4-13,16H,14-15H2,1-3H3. The highest BCUT2D eigenvalue weighted by Gasteiger charge is 2.24. The molecule has 2 aromatic heterocycles. The van der Waals surface area contributed by atoms with Crippen molar-refractivity contribution < 1.29 is 13.9 Å². The zero-order valence-corrected chi connectivity index (χ0v) is 20.5. The van der Waals surface area contributed by atoms with E-state index >= 15 is 0 Å². The number of para-hydroxylation sites is 2. The van der Waals surface area contributed by atoms with Crippen LogP contribution in [0.5, 0.6) is 5.75 Å². The molecule has 3 aromatic carbocycles. The fraction of sp³-hybridized carbons (Fsp3) is 0.179. The van der Waals surface area contributed by atoms with Gasteiger partial charge in [-0.2, -0.15) is 0 Å². The molecule has 0 radical (unpaired) electrons. The van der Waals surface area contributed by atoms with Gasteiger partial charge in [-0.1, -0.05) is 41.7 Å². The van der Waals surface area contributed by atoms with E-state index in [2.05, 4.69) is 0 Å². The summed E-state index contributed by atoms with van der Waals surface area (Å²) in [5.41, 5.74) is 3.96. The lowest BCUT2D eigenvalue weighted by molar-refractivity contribution is -0.117. The molecule has 1 amide bonds. The van der Waals surface area contributed by atoms with Crippen LogP contribution in [-0.4, -0.2) is 18.0 Å². The number of benzene rings is 3. The second-order valence-electron chi connectivity index (χ2n) is 8.33. The van der Waals surface area contributed by atoms with Crippen LogP contribution >= 0.6 is 11.3 Å². The quantitative estimate of drug-likeness (QED) is 0.264. The van der Waals surface area contributed by atoms with Crippen LogP contribution in [0.15, 0.2) is 75.9 Å². The number of aromatic nitrogens is 1. The van der Waals surface area contributed by atoms with Crippen LogP contribution in [0.3, 0.4) is 0 Å². The van der Waals surface area contributed by atoms with Gasteiger partial charge in [-0.05, 0) is 61.7 Å². The molecule has 176 valence electrons. The molecule has 0 aliphatic heterocycles. The Morgan fingerprint density at radius 1 is 1.06 bits per heavy atom. The van der Waals surface area contributed by atoms with E-state index in [1.807, 2.05) is 74.5 Å². The van der Waals surface area contributed by atoms with Gasteiger partial charge in [-0.3, -0.25) is 9.69 Å². The first-order valence-corrected chi connectivity index (χ1v) is 12.1. The van der Waals surface area contributed by atoms with Gasteiger partial charge in [0.2, 0.25) is 5.91 Å². The number of carbonyl (C=O) groups excluding carboxylic acids is 1. The number of rotatable bonds is 6. The lowest BCUT2D eigenvalue weighted by Gasteiger charge is -2.22. The van der Waals surface area contributed by atoms with Crippen LogP contribution in [0, 0.1) is 13.8 Å². The van der Waals surface area contributed by atoms with Crippen LogP contribution in [0.25, 0.3) is 21.2 Å². The van der Waals surface area contributed by atoms with Crippen LogP contribution in [0.4, 0.5) is 10.8 Å². The van der Waals surface area contributed by atoms with Gasteiger partial charge in [0.15, 0.2) is 5.13 Å². The second-order valence-corrected chi connectivity index (χ2v) is 9.34. The molecule has 6 nitrogen and oxygen atoms in total. The molecule has 35 heavy (non-hydrogen) atoms. The highest BCUT2D eigenvalue weighted by molar-refractivity contribution is 7.22. The Labute approximate surface area is 206 Å². The third-order valence-corrected chi connectivity index (χ3v) is 7.18. The maximum atomic E-state index is 13.7. The number of anilines is 2.